The largest absolute Gasteiger partial charge is 0.327 e. The van der Waals surface area contributed by atoms with Crippen molar-refractivity contribution in [1.29, 1.82) is 0 Å². The van der Waals surface area contributed by atoms with Gasteiger partial charge in [0.05, 0.1) is 0 Å². The number of nitrogens with two attached hydrogens (primary N) is 1. The molecule has 0 aliphatic heterocycles. The van der Waals surface area contributed by atoms with Crippen molar-refractivity contribution in [3.63, 3.8) is 0 Å². The molecule has 1 aliphatic carbocycles. The Kier molecular flexibility index (Phi) is 1.61. The third-order valence-corrected chi connectivity index (χ3v) is 2.21. The lowest BCUT2D eigenvalue weighted by atomic mass is 10.1. The molecule has 3 heteroatoms. The molecule has 2 atom stereocenters. The van der Waals surface area contributed by atoms with Crippen LogP contribution in [0.5, 0.6) is 0 Å². The molecule has 2 N–H and O–H groups in total. The second kappa shape index (κ2) is 2.52. The second-order valence-corrected chi connectivity index (χ2v) is 3.18. The molecule has 1 fully saturated rings. The van der Waals surface area contributed by atoms with Gasteiger partial charge in [0.2, 0.25) is 0 Å². The summed E-state index contributed by atoms with van der Waals surface area (Å²) >= 11 is 0. The zero-order valence-electron chi connectivity index (χ0n) is 6.43. The minimum atomic E-state index is -0.798. The molecule has 0 bridgehead atoms. The van der Waals surface area contributed by atoms with E-state index in [0.717, 1.165) is 18.1 Å². The van der Waals surface area contributed by atoms with Gasteiger partial charge in [-0.2, -0.15) is 0 Å². The van der Waals surface area contributed by atoms with Crippen LogP contribution < -0.4 is 5.73 Å². The van der Waals surface area contributed by atoms with E-state index in [2.05, 4.69) is 0 Å². The fourth-order valence-corrected chi connectivity index (χ4v) is 1.34. The van der Waals surface area contributed by atoms with Crippen LogP contribution in [-0.2, 0) is 0 Å². The van der Waals surface area contributed by atoms with Crippen molar-refractivity contribution in [2.24, 2.45) is 5.73 Å². The van der Waals surface area contributed by atoms with E-state index >= 15 is 0 Å². The van der Waals surface area contributed by atoms with Crippen LogP contribution in [0.3, 0.4) is 0 Å². The lowest BCUT2D eigenvalue weighted by molar-refractivity contribution is 0.507. The van der Waals surface area contributed by atoms with E-state index in [-0.39, 0.29) is 12.0 Å². The normalized spacial score (nSPS) is 27.2. The van der Waals surface area contributed by atoms with E-state index in [4.69, 9.17) is 5.73 Å². The number of benzene rings is 1. The van der Waals surface area contributed by atoms with E-state index in [9.17, 15) is 8.78 Å². The first-order valence-corrected chi connectivity index (χ1v) is 3.89. The molecule has 0 radical (unpaired) electrons. The fourth-order valence-electron chi connectivity index (χ4n) is 1.34. The van der Waals surface area contributed by atoms with Gasteiger partial charge < -0.3 is 5.73 Å². The number of rotatable bonds is 1. The van der Waals surface area contributed by atoms with Gasteiger partial charge in [-0.05, 0) is 24.1 Å². The van der Waals surface area contributed by atoms with Crippen molar-refractivity contribution >= 4 is 0 Å². The van der Waals surface area contributed by atoms with Gasteiger partial charge in [0.25, 0.3) is 0 Å². The molecule has 1 nitrogen and oxygen atoms in total. The lowest BCUT2D eigenvalue weighted by Crippen LogP contribution is -2.01. The molecule has 0 spiro atoms. The van der Waals surface area contributed by atoms with Gasteiger partial charge in [-0.15, -0.1) is 0 Å². The second-order valence-electron chi connectivity index (χ2n) is 3.18. The summed E-state index contributed by atoms with van der Waals surface area (Å²) in [5.74, 6) is -1.35. The maximum atomic E-state index is 12.7. The molecule has 0 unspecified atom stereocenters. The average Bonchev–Trinajstić information content (AvgIpc) is 2.73. The standard InChI is InChI=1S/C9H9F2N/c10-7-2-1-5(3-8(7)11)6-4-9(6)12/h1-3,6,9H,4,12H2/t6-,9-/m0/s1. The summed E-state index contributed by atoms with van der Waals surface area (Å²) in [6.45, 7) is 0. The summed E-state index contributed by atoms with van der Waals surface area (Å²) in [7, 11) is 0. The maximum Gasteiger partial charge on any atom is 0.159 e. The quantitative estimate of drug-likeness (QED) is 0.681. The van der Waals surface area contributed by atoms with Crippen molar-refractivity contribution in [2.45, 2.75) is 18.4 Å². The maximum absolute atomic E-state index is 12.7. The summed E-state index contributed by atoms with van der Waals surface area (Å²) in [5, 5.41) is 0. The van der Waals surface area contributed by atoms with Gasteiger partial charge in [-0.1, -0.05) is 6.07 Å². The Balaban J connectivity index is 2.29. The van der Waals surface area contributed by atoms with Crippen molar-refractivity contribution in [3.8, 4) is 0 Å². The van der Waals surface area contributed by atoms with Crippen molar-refractivity contribution in [3.05, 3.63) is 35.4 Å². The van der Waals surface area contributed by atoms with Gasteiger partial charge >= 0.3 is 0 Å². The molecular weight excluding hydrogens is 160 g/mol. The molecule has 12 heavy (non-hydrogen) atoms. The van der Waals surface area contributed by atoms with E-state index in [1.807, 2.05) is 0 Å². The van der Waals surface area contributed by atoms with Crippen LogP contribution in [0.4, 0.5) is 8.78 Å². The van der Waals surface area contributed by atoms with Crippen LogP contribution >= 0.6 is 0 Å². The van der Waals surface area contributed by atoms with Gasteiger partial charge in [0, 0.05) is 12.0 Å². The highest BCUT2D eigenvalue weighted by Crippen LogP contribution is 2.39. The Bertz CT molecular complexity index is 311. The SMILES string of the molecule is N[C@H]1C[C@H]1c1ccc(F)c(F)c1. The lowest BCUT2D eigenvalue weighted by Gasteiger charge is -1.98. The first-order chi connectivity index (χ1) is 5.68. The van der Waals surface area contributed by atoms with Crippen LogP contribution in [0, 0.1) is 11.6 Å². The Labute approximate surface area is 69.2 Å². The molecule has 0 heterocycles. The van der Waals surface area contributed by atoms with Crippen molar-refractivity contribution in [1.82, 2.24) is 0 Å². The summed E-state index contributed by atoms with van der Waals surface area (Å²) in [6.07, 6.45) is 0.880. The average molecular weight is 169 g/mol. The molecule has 1 saturated carbocycles. The first kappa shape index (κ1) is 7.68. The molecule has 0 aromatic heterocycles. The van der Waals surface area contributed by atoms with E-state index in [0.29, 0.717) is 0 Å². The predicted octanol–water partition coefficient (Wildman–Crippen LogP) is 1.78. The first-order valence-electron chi connectivity index (χ1n) is 3.89. The fraction of sp³-hybridized carbons (Fsp3) is 0.333. The Morgan fingerprint density at radius 1 is 1.25 bits per heavy atom. The van der Waals surface area contributed by atoms with Gasteiger partial charge in [0.15, 0.2) is 11.6 Å². The molecular formula is C9H9F2N. The van der Waals surface area contributed by atoms with Crippen LogP contribution in [-0.4, -0.2) is 6.04 Å². The molecule has 2 rings (SSSR count). The highest BCUT2D eigenvalue weighted by Gasteiger charge is 2.35. The summed E-state index contributed by atoms with van der Waals surface area (Å²) in [4.78, 5) is 0. The number of hydrogen-bond acceptors (Lipinski definition) is 1. The smallest absolute Gasteiger partial charge is 0.159 e. The molecule has 64 valence electrons. The molecule has 1 aromatic carbocycles. The predicted molar refractivity (Wildman–Crippen MR) is 41.7 cm³/mol. The zero-order valence-corrected chi connectivity index (χ0v) is 6.43. The van der Waals surface area contributed by atoms with Gasteiger partial charge in [-0.3, -0.25) is 0 Å². The van der Waals surface area contributed by atoms with Crippen molar-refractivity contribution < 1.29 is 8.78 Å². The summed E-state index contributed by atoms with van der Waals surface area (Å²) < 4.78 is 25.2. The number of hydrogen-bond donors (Lipinski definition) is 1. The molecule has 1 aromatic rings. The number of halogens is 2. The van der Waals surface area contributed by atoms with Gasteiger partial charge in [-0.25, -0.2) is 8.78 Å². The highest BCUT2D eigenvalue weighted by atomic mass is 19.2. The van der Waals surface area contributed by atoms with Crippen LogP contribution in [0.1, 0.15) is 17.9 Å². The minimum absolute atomic E-state index is 0.134. The Hall–Kier alpha value is -0.960. The van der Waals surface area contributed by atoms with Crippen LogP contribution in [0.25, 0.3) is 0 Å². The minimum Gasteiger partial charge on any atom is -0.327 e. The highest BCUT2D eigenvalue weighted by molar-refractivity contribution is 5.28. The monoisotopic (exact) mass is 169 g/mol. The summed E-state index contributed by atoms with van der Waals surface area (Å²) in [5.41, 5.74) is 6.38. The van der Waals surface area contributed by atoms with E-state index in [1.54, 1.807) is 6.07 Å². The van der Waals surface area contributed by atoms with Crippen molar-refractivity contribution in [2.75, 3.05) is 0 Å². The van der Waals surface area contributed by atoms with Crippen LogP contribution in [0.2, 0.25) is 0 Å². The van der Waals surface area contributed by atoms with Crippen LogP contribution in [0.15, 0.2) is 18.2 Å². The molecule has 0 saturated heterocycles. The third-order valence-electron chi connectivity index (χ3n) is 2.21. The Morgan fingerprint density at radius 3 is 2.42 bits per heavy atom. The zero-order chi connectivity index (χ0) is 8.72. The van der Waals surface area contributed by atoms with E-state index < -0.39 is 11.6 Å². The van der Waals surface area contributed by atoms with Gasteiger partial charge in [0.1, 0.15) is 0 Å². The summed E-state index contributed by atoms with van der Waals surface area (Å²) in [6, 6.07) is 4.10. The Morgan fingerprint density at radius 2 is 1.92 bits per heavy atom. The third kappa shape index (κ3) is 1.20. The molecule has 1 aliphatic rings. The molecule has 0 amide bonds. The topological polar surface area (TPSA) is 26.0 Å². The van der Waals surface area contributed by atoms with E-state index in [1.165, 1.54) is 6.07 Å².